The summed E-state index contributed by atoms with van der Waals surface area (Å²) in [5.41, 5.74) is 4.57. The highest BCUT2D eigenvalue weighted by Crippen LogP contribution is 2.27. The summed E-state index contributed by atoms with van der Waals surface area (Å²) >= 11 is 6.20. The molecule has 0 aliphatic heterocycles. The summed E-state index contributed by atoms with van der Waals surface area (Å²) in [5, 5.41) is 9.58. The molecule has 3 nitrogen and oxygen atoms in total. The maximum absolute atomic E-state index is 9.12. The molecular weight excluding hydrogens is 294 g/mol. The Morgan fingerprint density at radius 1 is 1.14 bits per heavy atom. The number of nitrogens with zero attached hydrogens (tertiary/aromatic N) is 3. The molecule has 1 aromatic heterocycles. The first-order valence-corrected chi connectivity index (χ1v) is 7.76. The maximum atomic E-state index is 9.12. The van der Waals surface area contributed by atoms with E-state index in [1.165, 1.54) is 5.56 Å². The summed E-state index contributed by atoms with van der Waals surface area (Å²) in [6, 6.07) is 14.2. The van der Waals surface area contributed by atoms with Crippen molar-refractivity contribution in [1.29, 1.82) is 5.26 Å². The fourth-order valence-corrected chi connectivity index (χ4v) is 2.84. The zero-order valence-electron chi connectivity index (χ0n) is 12.6. The molecule has 4 heteroatoms. The molecule has 110 valence electrons. The molecule has 3 rings (SSSR count). The van der Waals surface area contributed by atoms with Crippen molar-refractivity contribution in [2.45, 2.75) is 26.7 Å². The van der Waals surface area contributed by atoms with E-state index in [0.717, 1.165) is 35.4 Å². The number of imidazole rings is 1. The maximum Gasteiger partial charge on any atom is 0.114 e. The Balaban J connectivity index is 2.26. The molecule has 0 atom stereocenters. The second-order valence-corrected chi connectivity index (χ2v) is 5.58. The molecule has 0 unspecified atom stereocenters. The van der Waals surface area contributed by atoms with Gasteiger partial charge in [0.1, 0.15) is 11.9 Å². The third-order valence-corrected chi connectivity index (χ3v) is 4.16. The van der Waals surface area contributed by atoms with Crippen LogP contribution in [0.5, 0.6) is 0 Å². The summed E-state index contributed by atoms with van der Waals surface area (Å²) in [4.78, 5) is 4.65. The monoisotopic (exact) mass is 309 g/mol. The van der Waals surface area contributed by atoms with Crippen molar-refractivity contribution in [3.63, 3.8) is 0 Å². The van der Waals surface area contributed by atoms with Crippen molar-refractivity contribution in [3.8, 4) is 11.8 Å². The van der Waals surface area contributed by atoms with Crippen molar-refractivity contribution >= 4 is 22.6 Å². The number of fused-ring (bicyclic) bond motifs is 1. The number of halogens is 1. The van der Waals surface area contributed by atoms with Gasteiger partial charge in [-0.3, -0.25) is 4.57 Å². The molecule has 0 radical (unpaired) electrons. The summed E-state index contributed by atoms with van der Waals surface area (Å²) in [6.07, 6.45) is 1.83. The molecule has 0 aliphatic carbocycles. The molecule has 22 heavy (non-hydrogen) atoms. The number of rotatable bonds is 3. The molecule has 0 spiro atoms. The summed E-state index contributed by atoms with van der Waals surface area (Å²) in [7, 11) is 0. The minimum atomic E-state index is 0.461. The zero-order chi connectivity index (χ0) is 15.7. The van der Waals surface area contributed by atoms with Gasteiger partial charge in [-0.25, -0.2) is 4.98 Å². The van der Waals surface area contributed by atoms with E-state index in [0.29, 0.717) is 10.6 Å². The predicted octanol–water partition coefficient (Wildman–Crippen LogP) is 4.68. The lowest BCUT2D eigenvalue weighted by molar-refractivity contribution is 0.907. The van der Waals surface area contributed by atoms with Crippen LogP contribution in [0.3, 0.4) is 0 Å². The van der Waals surface area contributed by atoms with Crippen molar-refractivity contribution in [2.75, 3.05) is 0 Å². The molecule has 0 N–H and O–H groups in total. The van der Waals surface area contributed by atoms with Gasteiger partial charge < -0.3 is 0 Å². The van der Waals surface area contributed by atoms with Crippen molar-refractivity contribution in [3.05, 3.63) is 58.4 Å². The lowest BCUT2D eigenvalue weighted by Gasteiger charge is -2.09. The van der Waals surface area contributed by atoms with E-state index in [2.05, 4.69) is 53.7 Å². The van der Waals surface area contributed by atoms with Crippen LogP contribution in [0.15, 0.2) is 36.4 Å². The minimum Gasteiger partial charge on any atom is -0.296 e. The normalized spacial score (nSPS) is 10.8. The van der Waals surface area contributed by atoms with E-state index in [1.54, 1.807) is 6.07 Å². The molecule has 0 fully saturated rings. The van der Waals surface area contributed by atoms with Gasteiger partial charge in [0.25, 0.3) is 0 Å². The number of nitriles is 1. The second-order valence-electron chi connectivity index (χ2n) is 5.17. The van der Waals surface area contributed by atoms with Gasteiger partial charge in [-0.1, -0.05) is 37.6 Å². The summed E-state index contributed by atoms with van der Waals surface area (Å²) < 4.78 is 2.11. The Morgan fingerprint density at radius 2 is 1.86 bits per heavy atom. The number of benzene rings is 2. The fraction of sp³-hybridized carbons (Fsp3) is 0.222. The Hall–Kier alpha value is -2.31. The van der Waals surface area contributed by atoms with Crippen LogP contribution in [-0.4, -0.2) is 9.55 Å². The van der Waals surface area contributed by atoms with Crippen LogP contribution in [0.25, 0.3) is 16.7 Å². The van der Waals surface area contributed by atoms with E-state index in [1.807, 2.05) is 6.07 Å². The summed E-state index contributed by atoms with van der Waals surface area (Å²) in [6.45, 7) is 4.22. The van der Waals surface area contributed by atoms with Gasteiger partial charge >= 0.3 is 0 Å². The standard InChI is InChI=1S/C18H16ClN3/c1-3-12-5-7-14(8-6-12)22-17-10-15(19)13(11-20)9-16(17)21-18(22)4-2/h5-10H,3-4H2,1-2H3. The van der Waals surface area contributed by atoms with Crippen LogP contribution in [0.1, 0.15) is 30.8 Å². The van der Waals surface area contributed by atoms with Gasteiger partial charge in [0.05, 0.1) is 21.6 Å². The van der Waals surface area contributed by atoms with E-state index < -0.39 is 0 Å². The SMILES string of the molecule is CCc1ccc(-n2c(CC)nc3cc(C#N)c(Cl)cc32)cc1. The largest absolute Gasteiger partial charge is 0.296 e. The van der Waals surface area contributed by atoms with Crippen molar-refractivity contribution < 1.29 is 0 Å². The molecule has 0 bridgehead atoms. The number of hydrogen-bond donors (Lipinski definition) is 0. The lowest BCUT2D eigenvalue weighted by atomic mass is 10.1. The highest BCUT2D eigenvalue weighted by molar-refractivity contribution is 6.32. The van der Waals surface area contributed by atoms with Gasteiger partial charge in [0, 0.05) is 12.1 Å². The highest BCUT2D eigenvalue weighted by Gasteiger charge is 2.14. The molecular formula is C18H16ClN3. The zero-order valence-corrected chi connectivity index (χ0v) is 13.4. The molecule has 0 saturated heterocycles. The average molecular weight is 310 g/mol. The molecule has 2 aromatic carbocycles. The van der Waals surface area contributed by atoms with Crippen molar-refractivity contribution in [2.24, 2.45) is 0 Å². The molecule has 0 amide bonds. The van der Waals surface area contributed by atoms with Gasteiger partial charge in [0.15, 0.2) is 0 Å². The number of aryl methyl sites for hydroxylation is 2. The van der Waals surface area contributed by atoms with Gasteiger partial charge in [-0.05, 0) is 36.2 Å². The topological polar surface area (TPSA) is 41.6 Å². The van der Waals surface area contributed by atoms with Crippen LogP contribution in [-0.2, 0) is 12.8 Å². The Labute approximate surface area is 134 Å². The Kier molecular flexibility index (Phi) is 3.87. The molecule has 0 aliphatic rings. The van der Waals surface area contributed by atoms with Crippen LogP contribution in [0.2, 0.25) is 5.02 Å². The molecule has 1 heterocycles. The van der Waals surface area contributed by atoms with E-state index in [9.17, 15) is 0 Å². The second kappa shape index (κ2) is 5.82. The van der Waals surface area contributed by atoms with Crippen LogP contribution in [0.4, 0.5) is 0 Å². The Bertz CT molecular complexity index is 870. The number of hydrogen-bond acceptors (Lipinski definition) is 2. The first-order valence-electron chi connectivity index (χ1n) is 7.38. The number of aromatic nitrogens is 2. The third-order valence-electron chi connectivity index (χ3n) is 3.85. The molecule has 3 aromatic rings. The summed E-state index contributed by atoms with van der Waals surface area (Å²) in [5.74, 6) is 0.963. The van der Waals surface area contributed by atoms with Crippen LogP contribution < -0.4 is 0 Å². The van der Waals surface area contributed by atoms with Gasteiger partial charge in [0.2, 0.25) is 0 Å². The van der Waals surface area contributed by atoms with Crippen LogP contribution >= 0.6 is 11.6 Å². The van der Waals surface area contributed by atoms with Crippen LogP contribution in [0, 0.1) is 11.3 Å². The lowest BCUT2D eigenvalue weighted by Crippen LogP contribution is -2.00. The molecule has 0 saturated carbocycles. The van der Waals surface area contributed by atoms with E-state index in [-0.39, 0.29) is 0 Å². The third kappa shape index (κ3) is 2.36. The average Bonchev–Trinajstić information content (AvgIpc) is 2.91. The Morgan fingerprint density at radius 3 is 2.45 bits per heavy atom. The minimum absolute atomic E-state index is 0.461. The fourth-order valence-electron chi connectivity index (χ4n) is 2.64. The van der Waals surface area contributed by atoms with Crippen molar-refractivity contribution in [1.82, 2.24) is 9.55 Å². The smallest absolute Gasteiger partial charge is 0.114 e. The highest BCUT2D eigenvalue weighted by atomic mass is 35.5. The van der Waals surface area contributed by atoms with E-state index >= 15 is 0 Å². The van der Waals surface area contributed by atoms with E-state index in [4.69, 9.17) is 16.9 Å². The first-order chi connectivity index (χ1) is 10.7. The first kappa shape index (κ1) is 14.6. The van der Waals surface area contributed by atoms with Gasteiger partial charge in [-0.2, -0.15) is 5.26 Å². The van der Waals surface area contributed by atoms with Gasteiger partial charge in [-0.15, -0.1) is 0 Å². The quantitative estimate of drug-likeness (QED) is 0.705. The predicted molar refractivity (Wildman–Crippen MR) is 89.6 cm³/mol.